The zero-order valence-electron chi connectivity index (χ0n) is 9.90. The summed E-state index contributed by atoms with van der Waals surface area (Å²) < 4.78 is 0. The molecule has 1 heterocycles. The number of aryl methyl sites for hydroxylation is 1. The molecular weight excluding hydrogens is 216 g/mol. The SMILES string of the molecule is Cc1nc2ccccc2nc1SCC(C)C. The summed E-state index contributed by atoms with van der Waals surface area (Å²) >= 11 is 1.80. The van der Waals surface area contributed by atoms with Gasteiger partial charge in [0.15, 0.2) is 0 Å². The van der Waals surface area contributed by atoms with Crippen LogP contribution in [0.25, 0.3) is 11.0 Å². The van der Waals surface area contributed by atoms with E-state index in [2.05, 4.69) is 23.8 Å². The first-order chi connectivity index (χ1) is 7.66. The summed E-state index contributed by atoms with van der Waals surface area (Å²) in [7, 11) is 0. The van der Waals surface area contributed by atoms with Crippen LogP contribution >= 0.6 is 11.8 Å². The molecule has 2 nitrogen and oxygen atoms in total. The Hall–Kier alpha value is -1.09. The van der Waals surface area contributed by atoms with Gasteiger partial charge >= 0.3 is 0 Å². The highest BCUT2D eigenvalue weighted by molar-refractivity contribution is 7.99. The van der Waals surface area contributed by atoms with Crippen LogP contribution in [0.3, 0.4) is 0 Å². The molecule has 0 radical (unpaired) electrons. The number of hydrogen-bond donors (Lipinski definition) is 0. The predicted octanol–water partition coefficient (Wildman–Crippen LogP) is 3.69. The lowest BCUT2D eigenvalue weighted by Crippen LogP contribution is -1.96. The van der Waals surface area contributed by atoms with Crippen molar-refractivity contribution in [3.05, 3.63) is 30.0 Å². The maximum absolute atomic E-state index is 4.65. The minimum absolute atomic E-state index is 0.678. The van der Waals surface area contributed by atoms with Gasteiger partial charge in [0.05, 0.1) is 16.7 Å². The highest BCUT2D eigenvalue weighted by atomic mass is 32.2. The molecule has 0 unspecified atom stereocenters. The Morgan fingerprint density at radius 2 is 1.75 bits per heavy atom. The summed E-state index contributed by atoms with van der Waals surface area (Å²) in [4.78, 5) is 9.22. The minimum atomic E-state index is 0.678. The third-order valence-corrected chi connectivity index (χ3v) is 3.75. The number of fused-ring (bicyclic) bond motifs is 1. The third-order valence-electron chi connectivity index (χ3n) is 2.25. The van der Waals surface area contributed by atoms with Crippen molar-refractivity contribution >= 4 is 22.8 Å². The highest BCUT2D eigenvalue weighted by Crippen LogP contribution is 2.23. The number of aromatic nitrogens is 2. The first-order valence-corrected chi connectivity index (χ1v) is 6.51. The molecule has 0 atom stereocenters. The van der Waals surface area contributed by atoms with E-state index < -0.39 is 0 Å². The third kappa shape index (κ3) is 2.53. The summed E-state index contributed by atoms with van der Waals surface area (Å²) in [5.74, 6) is 1.77. The second-order valence-corrected chi connectivity index (χ2v) is 5.32. The van der Waals surface area contributed by atoms with Crippen molar-refractivity contribution in [1.29, 1.82) is 0 Å². The largest absolute Gasteiger partial charge is 0.249 e. The van der Waals surface area contributed by atoms with Crippen molar-refractivity contribution in [2.24, 2.45) is 5.92 Å². The molecule has 2 aromatic rings. The second kappa shape index (κ2) is 4.83. The molecule has 0 aliphatic heterocycles. The van der Waals surface area contributed by atoms with Crippen LogP contribution < -0.4 is 0 Å². The lowest BCUT2D eigenvalue weighted by atomic mass is 10.3. The van der Waals surface area contributed by atoms with E-state index in [-0.39, 0.29) is 0 Å². The number of benzene rings is 1. The van der Waals surface area contributed by atoms with E-state index >= 15 is 0 Å². The van der Waals surface area contributed by atoms with E-state index in [9.17, 15) is 0 Å². The summed E-state index contributed by atoms with van der Waals surface area (Å²) in [6, 6.07) is 8.02. The lowest BCUT2D eigenvalue weighted by Gasteiger charge is -2.07. The van der Waals surface area contributed by atoms with E-state index in [1.165, 1.54) is 0 Å². The fraction of sp³-hybridized carbons (Fsp3) is 0.385. The average molecular weight is 232 g/mol. The Bertz CT molecular complexity index is 494. The molecule has 1 aromatic heterocycles. The van der Waals surface area contributed by atoms with E-state index in [0.717, 1.165) is 27.5 Å². The Morgan fingerprint density at radius 1 is 1.12 bits per heavy atom. The van der Waals surface area contributed by atoms with Gasteiger partial charge in [0.2, 0.25) is 0 Å². The molecule has 0 fully saturated rings. The second-order valence-electron chi connectivity index (χ2n) is 4.31. The van der Waals surface area contributed by atoms with Gasteiger partial charge in [-0.3, -0.25) is 0 Å². The van der Waals surface area contributed by atoms with Crippen molar-refractivity contribution < 1.29 is 0 Å². The number of thioether (sulfide) groups is 1. The molecule has 0 N–H and O–H groups in total. The minimum Gasteiger partial charge on any atom is -0.249 e. The fourth-order valence-electron chi connectivity index (χ4n) is 1.45. The number of hydrogen-bond acceptors (Lipinski definition) is 3. The molecule has 0 aliphatic rings. The highest BCUT2D eigenvalue weighted by Gasteiger charge is 2.06. The van der Waals surface area contributed by atoms with Crippen molar-refractivity contribution in [3.63, 3.8) is 0 Å². The molecule has 2 rings (SSSR count). The Kier molecular flexibility index (Phi) is 3.44. The van der Waals surface area contributed by atoms with E-state index in [0.29, 0.717) is 5.92 Å². The van der Waals surface area contributed by atoms with Crippen molar-refractivity contribution in [3.8, 4) is 0 Å². The van der Waals surface area contributed by atoms with Gasteiger partial charge in [0.25, 0.3) is 0 Å². The Morgan fingerprint density at radius 3 is 2.38 bits per heavy atom. The molecule has 16 heavy (non-hydrogen) atoms. The van der Waals surface area contributed by atoms with E-state index in [1.807, 2.05) is 31.2 Å². The van der Waals surface area contributed by atoms with Gasteiger partial charge in [0, 0.05) is 5.75 Å². The number of para-hydroxylation sites is 2. The summed E-state index contributed by atoms with van der Waals surface area (Å²) in [6.45, 7) is 6.47. The molecule has 1 aromatic carbocycles. The predicted molar refractivity (Wildman–Crippen MR) is 69.8 cm³/mol. The average Bonchev–Trinajstić information content (AvgIpc) is 2.26. The zero-order chi connectivity index (χ0) is 11.5. The molecule has 0 bridgehead atoms. The quantitative estimate of drug-likeness (QED) is 0.755. The fourth-order valence-corrected chi connectivity index (χ4v) is 2.36. The maximum atomic E-state index is 4.65. The summed E-state index contributed by atoms with van der Waals surface area (Å²) in [6.07, 6.45) is 0. The first-order valence-electron chi connectivity index (χ1n) is 5.53. The van der Waals surface area contributed by atoms with Gasteiger partial charge < -0.3 is 0 Å². The van der Waals surface area contributed by atoms with Crippen LogP contribution in [0, 0.1) is 12.8 Å². The molecule has 0 aliphatic carbocycles. The van der Waals surface area contributed by atoms with Crippen molar-refractivity contribution in [1.82, 2.24) is 9.97 Å². The van der Waals surface area contributed by atoms with Crippen LogP contribution in [-0.4, -0.2) is 15.7 Å². The van der Waals surface area contributed by atoms with Crippen LogP contribution in [0.15, 0.2) is 29.3 Å². The van der Waals surface area contributed by atoms with E-state index in [1.54, 1.807) is 11.8 Å². The van der Waals surface area contributed by atoms with Gasteiger partial charge in [-0.2, -0.15) is 0 Å². The normalized spacial score (nSPS) is 11.2. The zero-order valence-corrected chi connectivity index (χ0v) is 10.7. The van der Waals surface area contributed by atoms with Gasteiger partial charge in [-0.05, 0) is 25.0 Å². The van der Waals surface area contributed by atoms with Crippen LogP contribution in [0.4, 0.5) is 0 Å². The van der Waals surface area contributed by atoms with Crippen molar-refractivity contribution in [2.75, 3.05) is 5.75 Å². The molecule has 3 heteroatoms. The Labute approximate surface area is 101 Å². The topological polar surface area (TPSA) is 25.8 Å². The lowest BCUT2D eigenvalue weighted by molar-refractivity contribution is 0.749. The van der Waals surface area contributed by atoms with Gasteiger partial charge in [-0.15, -0.1) is 11.8 Å². The molecular formula is C13H16N2S. The van der Waals surface area contributed by atoms with Crippen LogP contribution in [-0.2, 0) is 0 Å². The first kappa shape index (κ1) is 11.4. The number of rotatable bonds is 3. The van der Waals surface area contributed by atoms with E-state index in [4.69, 9.17) is 0 Å². The molecule has 0 spiro atoms. The van der Waals surface area contributed by atoms with Gasteiger partial charge in [-0.25, -0.2) is 9.97 Å². The van der Waals surface area contributed by atoms with Crippen LogP contribution in [0.2, 0.25) is 0 Å². The molecule has 0 amide bonds. The Balaban J connectivity index is 2.34. The van der Waals surface area contributed by atoms with Crippen LogP contribution in [0.1, 0.15) is 19.5 Å². The van der Waals surface area contributed by atoms with Gasteiger partial charge in [-0.1, -0.05) is 26.0 Å². The molecule has 0 saturated carbocycles. The number of nitrogens with zero attached hydrogens (tertiary/aromatic N) is 2. The summed E-state index contributed by atoms with van der Waals surface area (Å²) in [5, 5.41) is 1.06. The monoisotopic (exact) mass is 232 g/mol. The standard InChI is InChI=1S/C13H16N2S/c1-9(2)8-16-13-10(3)14-11-6-4-5-7-12(11)15-13/h4-7,9H,8H2,1-3H3. The van der Waals surface area contributed by atoms with Gasteiger partial charge in [0.1, 0.15) is 5.03 Å². The molecule has 84 valence electrons. The molecule has 0 saturated heterocycles. The van der Waals surface area contributed by atoms with Crippen LogP contribution in [0.5, 0.6) is 0 Å². The van der Waals surface area contributed by atoms with Crippen molar-refractivity contribution in [2.45, 2.75) is 25.8 Å². The summed E-state index contributed by atoms with van der Waals surface area (Å²) in [5.41, 5.74) is 3.00. The maximum Gasteiger partial charge on any atom is 0.118 e. The smallest absolute Gasteiger partial charge is 0.118 e.